The Kier molecular flexibility index (Phi) is 3.39. The van der Waals surface area contributed by atoms with E-state index < -0.39 is 0 Å². The van der Waals surface area contributed by atoms with Gasteiger partial charge in [-0.3, -0.25) is 0 Å². The lowest BCUT2D eigenvalue weighted by Gasteiger charge is -1.92. The molecule has 0 atom stereocenters. The van der Waals surface area contributed by atoms with E-state index in [1.54, 1.807) is 6.20 Å². The van der Waals surface area contributed by atoms with Crippen LogP contribution >= 0.6 is 22.6 Å². The number of benzene rings is 1. The lowest BCUT2D eigenvalue weighted by Crippen LogP contribution is -1.74. The fourth-order valence-electron chi connectivity index (χ4n) is 1.03. The quantitative estimate of drug-likeness (QED) is 0.608. The fraction of sp³-hybridized carbons (Fsp3) is 0. The molecular weight excluding hydrogens is 301 g/mol. The van der Waals surface area contributed by atoms with Crippen molar-refractivity contribution in [2.75, 3.05) is 0 Å². The zero-order valence-electron chi connectivity index (χ0n) is 7.84. The monoisotopic (exact) mass is 309 g/mol. The molecule has 3 nitrogen and oxygen atoms in total. The highest BCUT2D eigenvalue weighted by molar-refractivity contribution is 14.1. The largest absolute Gasteiger partial charge is 0.234 e. The lowest BCUT2D eigenvalue weighted by atomic mass is 10.3. The first-order valence-corrected chi connectivity index (χ1v) is 5.51. The molecule has 15 heavy (non-hydrogen) atoms. The molecule has 0 N–H and O–H groups in total. The summed E-state index contributed by atoms with van der Waals surface area (Å²) in [4.78, 5) is 4.13. The average Bonchev–Trinajstić information content (AvgIpc) is 2.30. The van der Waals surface area contributed by atoms with E-state index in [0.29, 0.717) is 5.82 Å². The Morgan fingerprint density at radius 3 is 2.40 bits per heavy atom. The van der Waals surface area contributed by atoms with Gasteiger partial charge in [0, 0.05) is 9.77 Å². The second kappa shape index (κ2) is 4.97. The van der Waals surface area contributed by atoms with Crippen LogP contribution in [0.15, 0.2) is 58.9 Å². The van der Waals surface area contributed by atoms with Crippen molar-refractivity contribution in [3.63, 3.8) is 0 Å². The maximum absolute atomic E-state index is 4.13. The normalized spacial score (nSPS) is 10.7. The van der Waals surface area contributed by atoms with Gasteiger partial charge >= 0.3 is 0 Å². The summed E-state index contributed by atoms with van der Waals surface area (Å²) < 4.78 is 1.09. The van der Waals surface area contributed by atoms with E-state index in [9.17, 15) is 0 Å². The van der Waals surface area contributed by atoms with Gasteiger partial charge in [0.1, 0.15) is 0 Å². The van der Waals surface area contributed by atoms with Gasteiger partial charge in [-0.05, 0) is 46.9 Å². The van der Waals surface area contributed by atoms with Crippen LogP contribution in [0.2, 0.25) is 0 Å². The number of hydrogen-bond donors (Lipinski definition) is 0. The van der Waals surface area contributed by atoms with Crippen LogP contribution in [0.5, 0.6) is 0 Å². The molecule has 0 radical (unpaired) electrons. The molecule has 0 unspecified atom stereocenters. The molecule has 74 valence electrons. The molecule has 4 heteroatoms. The molecule has 0 fully saturated rings. The van der Waals surface area contributed by atoms with Crippen molar-refractivity contribution in [3.8, 4) is 0 Å². The Bertz CT molecular complexity index is 451. The van der Waals surface area contributed by atoms with Crippen LogP contribution < -0.4 is 0 Å². The number of nitrogens with zero attached hydrogens (tertiary/aromatic N) is 3. The first kappa shape index (κ1) is 10.2. The van der Waals surface area contributed by atoms with E-state index >= 15 is 0 Å². The summed E-state index contributed by atoms with van der Waals surface area (Å²) >= 11 is 2.20. The maximum Gasteiger partial charge on any atom is 0.174 e. The van der Waals surface area contributed by atoms with Crippen molar-refractivity contribution < 1.29 is 0 Å². The van der Waals surface area contributed by atoms with Crippen LogP contribution in [0.25, 0.3) is 0 Å². The summed E-state index contributed by atoms with van der Waals surface area (Å²) in [6.45, 7) is 0. The summed E-state index contributed by atoms with van der Waals surface area (Å²) in [5.41, 5.74) is 0.831. The molecular formula is C11H8IN3. The molecule has 1 aromatic carbocycles. The van der Waals surface area contributed by atoms with E-state index in [1.165, 1.54) is 0 Å². The average molecular weight is 309 g/mol. The predicted molar refractivity (Wildman–Crippen MR) is 67.6 cm³/mol. The molecule has 0 saturated carbocycles. The number of aromatic nitrogens is 1. The smallest absolute Gasteiger partial charge is 0.174 e. The minimum atomic E-state index is 0.624. The third kappa shape index (κ3) is 3.09. The Hall–Kier alpha value is -1.30. The van der Waals surface area contributed by atoms with E-state index in [1.807, 2.05) is 42.5 Å². The summed E-state index contributed by atoms with van der Waals surface area (Å²) in [6, 6.07) is 13.4. The summed E-state index contributed by atoms with van der Waals surface area (Å²) in [5, 5.41) is 8.09. The molecule has 0 aliphatic heterocycles. The molecule has 0 aliphatic rings. The van der Waals surface area contributed by atoms with Gasteiger partial charge < -0.3 is 0 Å². The van der Waals surface area contributed by atoms with Crippen molar-refractivity contribution in [1.29, 1.82) is 0 Å². The van der Waals surface area contributed by atoms with Crippen molar-refractivity contribution >= 4 is 34.1 Å². The maximum atomic E-state index is 4.13. The third-order valence-electron chi connectivity index (χ3n) is 1.74. The van der Waals surface area contributed by atoms with E-state index in [4.69, 9.17) is 0 Å². The van der Waals surface area contributed by atoms with Crippen LogP contribution in [0.3, 0.4) is 0 Å². The van der Waals surface area contributed by atoms with Crippen LogP contribution in [0.1, 0.15) is 0 Å². The molecule has 0 bridgehead atoms. The van der Waals surface area contributed by atoms with Gasteiger partial charge in [0.2, 0.25) is 0 Å². The van der Waals surface area contributed by atoms with Gasteiger partial charge in [-0.1, -0.05) is 18.2 Å². The molecule has 2 rings (SSSR count). The molecule has 0 saturated heterocycles. The number of azo groups is 1. The van der Waals surface area contributed by atoms with E-state index in [-0.39, 0.29) is 0 Å². The Morgan fingerprint density at radius 2 is 1.73 bits per heavy atom. The van der Waals surface area contributed by atoms with Gasteiger partial charge in [-0.2, -0.15) is 0 Å². The van der Waals surface area contributed by atoms with E-state index in [2.05, 4.69) is 37.8 Å². The van der Waals surface area contributed by atoms with Crippen molar-refractivity contribution in [2.45, 2.75) is 0 Å². The molecule has 1 heterocycles. The van der Waals surface area contributed by atoms with Crippen LogP contribution in [-0.4, -0.2) is 4.98 Å². The topological polar surface area (TPSA) is 37.6 Å². The second-order valence-electron chi connectivity index (χ2n) is 2.87. The lowest BCUT2D eigenvalue weighted by molar-refractivity contribution is 1.15. The second-order valence-corrected chi connectivity index (χ2v) is 4.12. The summed E-state index contributed by atoms with van der Waals surface area (Å²) in [6.07, 6.45) is 1.76. The number of hydrogen-bond acceptors (Lipinski definition) is 3. The van der Waals surface area contributed by atoms with Crippen molar-refractivity contribution in [1.82, 2.24) is 4.98 Å². The van der Waals surface area contributed by atoms with Crippen LogP contribution in [-0.2, 0) is 0 Å². The molecule has 2 aromatic rings. The predicted octanol–water partition coefficient (Wildman–Crippen LogP) is 4.10. The van der Waals surface area contributed by atoms with Gasteiger partial charge in [0.15, 0.2) is 5.82 Å². The minimum Gasteiger partial charge on any atom is -0.234 e. The SMILES string of the molecule is Ic1ccc(N=Nc2ccccc2)nc1. The Labute approximate surface area is 101 Å². The summed E-state index contributed by atoms with van der Waals surface area (Å²) in [7, 11) is 0. The third-order valence-corrected chi connectivity index (χ3v) is 2.37. The Morgan fingerprint density at radius 1 is 0.933 bits per heavy atom. The van der Waals surface area contributed by atoms with Gasteiger partial charge in [0.05, 0.1) is 5.69 Å². The fourth-order valence-corrected chi connectivity index (χ4v) is 1.35. The highest BCUT2D eigenvalue weighted by Gasteiger charge is 1.91. The van der Waals surface area contributed by atoms with Crippen LogP contribution in [0, 0.1) is 3.57 Å². The highest BCUT2D eigenvalue weighted by atomic mass is 127. The minimum absolute atomic E-state index is 0.624. The first-order valence-electron chi connectivity index (χ1n) is 4.43. The van der Waals surface area contributed by atoms with E-state index in [0.717, 1.165) is 9.26 Å². The molecule has 1 aromatic heterocycles. The zero-order valence-corrected chi connectivity index (χ0v) is 10.00. The number of rotatable bonds is 2. The number of halogens is 1. The highest BCUT2D eigenvalue weighted by Crippen LogP contribution is 2.16. The first-order chi connectivity index (χ1) is 7.34. The summed E-state index contributed by atoms with van der Waals surface area (Å²) in [5.74, 6) is 0.624. The van der Waals surface area contributed by atoms with Gasteiger partial charge in [0.25, 0.3) is 0 Å². The zero-order chi connectivity index (χ0) is 10.5. The van der Waals surface area contributed by atoms with Gasteiger partial charge in [-0.15, -0.1) is 10.2 Å². The standard InChI is InChI=1S/C11H8IN3/c12-9-6-7-11(13-8-9)15-14-10-4-2-1-3-5-10/h1-8H. The van der Waals surface area contributed by atoms with Crippen molar-refractivity contribution in [3.05, 3.63) is 52.2 Å². The molecule has 0 amide bonds. The Balaban J connectivity index is 2.15. The van der Waals surface area contributed by atoms with Crippen LogP contribution in [0.4, 0.5) is 11.5 Å². The van der Waals surface area contributed by atoms with Gasteiger partial charge in [-0.25, -0.2) is 4.98 Å². The molecule has 0 spiro atoms. The number of pyridine rings is 1. The van der Waals surface area contributed by atoms with Crippen molar-refractivity contribution in [2.24, 2.45) is 10.2 Å². The molecule has 0 aliphatic carbocycles.